The van der Waals surface area contributed by atoms with E-state index in [0.717, 1.165) is 17.8 Å². The molecule has 2 rings (SSSR count). The molecule has 2 aliphatic carbocycles. The first-order valence-corrected chi connectivity index (χ1v) is 5.78. The normalized spacial score (nSPS) is 42.5. The molecule has 0 aliphatic heterocycles. The molecule has 0 bridgehead atoms. The number of hydrogen-bond donors (Lipinski definition) is 0. The summed E-state index contributed by atoms with van der Waals surface area (Å²) in [6.45, 7) is 4.51. The molecular formula is C11H19Cl. The second-order valence-corrected chi connectivity index (χ2v) is 5.45. The van der Waals surface area contributed by atoms with E-state index in [1.165, 1.54) is 25.7 Å². The summed E-state index contributed by atoms with van der Waals surface area (Å²) < 4.78 is 0. The van der Waals surface area contributed by atoms with E-state index in [1.807, 2.05) is 0 Å². The molecule has 0 radical (unpaired) electrons. The predicted molar refractivity (Wildman–Crippen MR) is 53.4 cm³/mol. The topological polar surface area (TPSA) is 0 Å². The van der Waals surface area contributed by atoms with Gasteiger partial charge in [-0.05, 0) is 36.5 Å². The Balaban J connectivity index is 1.94. The van der Waals surface area contributed by atoms with Gasteiger partial charge in [0.2, 0.25) is 0 Å². The van der Waals surface area contributed by atoms with E-state index in [-0.39, 0.29) is 0 Å². The van der Waals surface area contributed by atoms with Crippen molar-refractivity contribution >= 4 is 11.6 Å². The van der Waals surface area contributed by atoms with Crippen LogP contribution in [0.3, 0.4) is 0 Å². The lowest BCUT2D eigenvalue weighted by Gasteiger charge is -2.28. The summed E-state index contributed by atoms with van der Waals surface area (Å²) in [6.07, 6.45) is 5.80. The molecule has 0 heterocycles. The van der Waals surface area contributed by atoms with Crippen molar-refractivity contribution in [2.45, 2.75) is 44.9 Å². The van der Waals surface area contributed by atoms with Crippen LogP contribution < -0.4 is 0 Å². The fourth-order valence-corrected chi connectivity index (χ4v) is 3.16. The second-order valence-electron chi connectivity index (χ2n) is 4.94. The third kappa shape index (κ3) is 1.51. The molecule has 0 spiro atoms. The number of alkyl halides is 1. The maximum atomic E-state index is 6.42. The largest absolute Gasteiger partial charge is 0.122 e. The van der Waals surface area contributed by atoms with E-state index in [0.29, 0.717) is 11.3 Å². The smallest absolute Gasteiger partial charge is 0.0389 e. The number of fused-ring (bicyclic) bond motifs is 1. The zero-order valence-corrected chi connectivity index (χ0v) is 8.85. The quantitative estimate of drug-likeness (QED) is 0.578. The van der Waals surface area contributed by atoms with Crippen LogP contribution in [0, 0.1) is 23.7 Å². The number of rotatable bonds is 2. The maximum absolute atomic E-state index is 6.42. The molecular weight excluding hydrogens is 168 g/mol. The summed E-state index contributed by atoms with van der Waals surface area (Å²) in [5.74, 6) is 3.61. The first-order valence-electron chi connectivity index (χ1n) is 5.34. The van der Waals surface area contributed by atoms with Gasteiger partial charge in [-0.1, -0.05) is 26.7 Å². The zero-order valence-electron chi connectivity index (χ0n) is 8.09. The lowest BCUT2D eigenvalue weighted by atomic mass is 9.83. The number of halogens is 1. The van der Waals surface area contributed by atoms with E-state index in [1.54, 1.807) is 0 Å². The SMILES string of the molecule is CC(C)C(Cl)C1CCCC2CC21. The molecule has 1 heteroatoms. The van der Waals surface area contributed by atoms with E-state index in [2.05, 4.69) is 13.8 Å². The zero-order chi connectivity index (χ0) is 8.72. The molecule has 2 aliphatic rings. The molecule has 4 atom stereocenters. The third-order valence-electron chi connectivity index (χ3n) is 3.69. The average molecular weight is 187 g/mol. The summed E-state index contributed by atoms with van der Waals surface area (Å²) in [6, 6.07) is 0. The molecule has 4 unspecified atom stereocenters. The van der Waals surface area contributed by atoms with Crippen LogP contribution in [0.2, 0.25) is 0 Å². The van der Waals surface area contributed by atoms with E-state index in [4.69, 9.17) is 11.6 Å². The first-order chi connectivity index (χ1) is 5.70. The molecule has 0 amide bonds. The molecule has 2 fully saturated rings. The lowest BCUT2D eigenvalue weighted by molar-refractivity contribution is 0.292. The summed E-state index contributed by atoms with van der Waals surface area (Å²) >= 11 is 6.42. The van der Waals surface area contributed by atoms with Crippen molar-refractivity contribution in [1.82, 2.24) is 0 Å². The van der Waals surface area contributed by atoms with E-state index >= 15 is 0 Å². The van der Waals surface area contributed by atoms with Gasteiger partial charge in [0.25, 0.3) is 0 Å². The fraction of sp³-hybridized carbons (Fsp3) is 1.00. The van der Waals surface area contributed by atoms with Crippen LogP contribution >= 0.6 is 11.6 Å². The summed E-state index contributed by atoms with van der Waals surface area (Å²) in [4.78, 5) is 0. The summed E-state index contributed by atoms with van der Waals surface area (Å²) in [5, 5.41) is 0.445. The van der Waals surface area contributed by atoms with Gasteiger partial charge >= 0.3 is 0 Å². The molecule has 12 heavy (non-hydrogen) atoms. The molecule has 0 saturated heterocycles. The Morgan fingerprint density at radius 3 is 2.67 bits per heavy atom. The minimum atomic E-state index is 0.445. The third-order valence-corrected chi connectivity index (χ3v) is 4.51. The van der Waals surface area contributed by atoms with Crippen molar-refractivity contribution in [2.24, 2.45) is 23.7 Å². The average Bonchev–Trinajstić information content (AvgIpc) is 2.80. The first kappa shape index (κ1) is 8.87. The molecule has 0 aromatic rings. The molecule has 0 aromatic heterocycles. The highest BCUT2D eigenvalue weighted by molar-refractivity contribution is 6.21. The Bertz CT molecular complexity index is 164. The van der Waals surface area contributed by atoms with Gasteiger partial charge in [-0.25, -0.2) is 0 Å². The van der Waals surface area contributed by atoms with Gasteiger partial charge in [-0.2, -0.15) is 0 Å². The van der Waals surface area contributed by atoms with Gasteiger partial charge in [-0.3, -0.25) is 0 Å². The standard InChI is InChI=1S/C11H19Cl/c1-7(2)11(12)9-5-3-4-8-6-10(8)9/h7-11H,3-6H2,1-2H3. The molecule has 0 aromatic carbocycles. The number of hydrogen-bond acceptors (Lipinski definition) is 0. The minimum absolute atomic E-state index is 0.445. The van der Waals surface area contributed by atoms with Crippen molar-refractivity contribution in [3.8, 4) is 0 Å². The van der Waals surface area contributed by atoms with Crippen LogP contribution in [0.15, 0.2) is 0 Å². The van der Waals surface area contributed by atoms with Gasteiger partial charge in [0.15, 0.2) is 0 Å². The van der Waals surface area contributed by atoms with Crippen LogP contribution in [0.5, 0.6) is 0 Å². The van der Waals surface area contributed by atoms with Crippen molar-refractivity contribution in [3.63, 3.8) is 0 Å². The molecule has 2 saturated carbocycles. The summed E-state index contributed by atoms with van der Waals surface area (Å²) in [5.41, 5.74) is 0. The van der Waals surface area contributed by atoms with Crippen LogP contribution in [0.4, 0.5) is 0 Å². The van der Waals surface area contributed by atoms with Crippen molar-refractivity contribution in [2.75, 3.05) is 0 Å². The van der Waals surface area contributed by atoms with Crippen LogP contribution in [0.25, 0.3) is 0 Å². The monoisotopic (exact) mass is 186 g/mol. The fourth-order valence-electron chi connectivity index (χ4n) is 2.85. The van der Waals surface area contributed by atoms with Crippen molar-refractivity contribution in [1.29, 1.82) is 0 Å². The van der Waals surface area contributed by atoms with Gasteiger partial charge < -0.3 is 0 Å². The van der Waals surface area contributed by atoms with Gasteiger partial charge in [-0.15, -0.1) is 11.6 Å². The van der Waals surface area contributed by atoms with Crippen molar-refractivity contribution in [3.05, 3.63) is 0 Å². The molecule has 70 valence electrons. The minimum Gasteiger partial charge on any atom is -0.122 e. The van der Waals surface area contributed by atoms with Gasteiger partial charge in [0, 0.05) is 5.38 Å². The van der Waals surface area contributed by atoms with E-state index in [9.17, 15) is 0 Å². The Morgan fingerprint density at radius 1 is 1.25 bits per heavy atom. The Labute approximate surface area is 80.7 Å². The van der Waals surface area contributed by atoms with Crippen LogP contribution in [-0.2, 0) is 0 Å². The highest BCUT2D eigenvalue weighted by Gasteiger charge is 2.47. The Morgan fingerprint density at radius 2 is 2.00 bits per heavy atom. The van der Waals surface area contributed by atoms with Crippen LogP contribution in [0.1, 0.15) is 39.5 Å². The molecule has 0 nitrogen and oxygen atoms in total. The maximum Gasteiger partial charge on any atom is 0.0389 e. The van der Waals surface area contributed by atoms with Crippen molar-refractivity contribution < 1.29 is 0 Å². The van der Waals surface area contributed by atoms with E-state index < -0.39 is 0 Å². The Hall–Kier alpha value is 0.290. The highest BCUT2D eigenvalue weighted by atomic mass is 35.5. The van der Waals surface area contributed by atoms with Gasteiger partial charge in [0.05, 0.1) is 0 Å². The molecule has 0 N–H and O–H groups in total. The summed E-state index contributed by atoms with van der Waals surface area (Å²) in [7, 11) is 0. The second kappa shape index (κ2) is 3.21. The van der Waals surface area contributed by atoms with Crippen LogP contribution in [-0.4, -0.2) is 5.38 Å². The highest BCUT2D eigenvalue weighted by Crippen LogP contribution is 2.55. The predicted octanol–water partition coefficient (Wildman–Crippen LogP) is 3.69. The lowest BCUT2D eigenvalue weighted by Crippen LogP contribution is -2.25. The Kier molecular flexibility index (Phi) is 2.37. The van der Waals surface area contributed by atoms with Gasteiger partial charge in [0.1, 0.15) is 0 Å².